The third kappa shape index (κ3) is 3.27. The molecule has 0 radical (unpaired) electrons. The predicted molar refractivity (Wildman–Crippen MR) is 60.3 cm³/mol. The van der Waals surface area contributed by atoms with Crippen LogP contribution >= 0.6 is 0 Å². The molecule has 0 atom stereocenters. The van der Waals surface area contributed by atoms with Crippen molar-refractivity contribution >= 4 is 15.9 Å². The van der Waals surface area contributed by atoms with Crippen LogP contribution in [0.25, 0.3) is 0 Å². The molecule has 3 N–H and O–H groups in total. The Kier molecular flexibility index (Phi) is 3.83. The number of carbonyl (C=O) groups excluding carboxylic acids is 1. The standard InChI is InChI=1S/C10H11N3O3S/c1-7-4-8(5-11)2-3-9(7)17(15,16)13-6-10(12)14/h2-4,13H,6H2,1H3,(H2,12,14). The molecule has 90 valence electrons. The molecule has 6 nitrogen and oxygen atoms in total. The number of nitrogens with one attached hydrogen (secondary N) is 1. The van der Waals surface area contributed by atoms with Crippen molar-refractivity contribution in [1.29, 1.82) is 5.26 Å². The minimum Gasteiger partial charge on any atom is -0.369 e. The Morgan fingerprint density at radius 3 is 2.65 bits per heavy atom. The summed E-state index contributed by atoms with van der Waals surface area (Å²) in [5.41, 5.74) is 5.66. The Labute approximate surface area is 99.1 Å². The first kappa shape index (κ1) is 13.2. The maximum absolute atomic E-state index is 11.8. The van der Waals surface area contributed by atoms with E-state index in [9.17, 15) is 13.2 Å². The molecule has 0 unspecified atom stereocenters. The SMILES string of the molecule is Cc1cc(C#N)ccc1S(=O)(=O)NCC(N)=O. The van der Waals surface area contributed by atoms with Crippen molar-refractivity contribution in [3.05, 3.63) is 29.3 Å². The first-order valence-corrected chi connectivity index (χ1v) is 6.14. The van der Waals surface area contributed by atoms with E-state index in [2.05, 4.69) is 4.72 Å². The van der Waals surface area contributed by atoms with Crippen LogP contribution in [0.4, 0.5) is 0 Å². The Morgan fingerprint density at radius 1 is 1.53 bits per heavy atom. The summed E-state index contributed by atoms with van der Waals surface area (Å²) in [6, 6.07) is 6.08. The monoisotopic (exact) mass is 253 g/mol. The molecule has 0 aliphatic rings. The summed E-state index contributed by atoms with van der Waals surface area (Å²) in [5.74, 6) is -0.764. The fourth-order valence-corrected chi connectivity index (χ4v) is 2.48. The van der Waals surface area contributed by atoms with Crippen LogP contribution in [-0.2, 0) is 14.8 Å². The van der Waals surface area contributed by atoms with Crippen LogP contribution in [0.15, 0.2) is 23.1 Å². The summed E-state index contributed by atoms with van der Waals surface area (Å²) in [7, 11) is -3.77. The number of carbonyl (C=O) groups is 1. The van der Waals surface area contributed by atoms with Crippen LogP contribution in [-0.4, -0.2) is 20.9 Å². The molecule has 0 aliphatic carbocycles. The molecule has 0 fully saturated rings. The fourth-order valence-electron chi connectivity index (χ4n) is 1.26. The van der Waals surface area contributed by atoms with E-state index in [-0.39, 0.29) is 4.90 Å². The van der Waals surface area contributed by atoms with Crippen molar-refractivity contribution in [2.45, 2.75) is 11.8 Å². The number of sulfonamides is 1. The van der Waals surface area contributed by atoms with Crippen molar-refractivity contribution in [2.24, 2.45) is 5.73 Å². The van der Waals surface area contributed by atoms with Crippen molar-refractivity contribution in [2.75, 3.05) is 6.54 Å². The Bertz CT molecular complexity index is 587. The highest BCUT2D eigenvalue weighted by Crippen LogP contribution is 2.15. The van der Waals surface area contributed by atoms with E-state index in [1.54, 1.807) is 6.92 Å². The zero-order chi connectivity index (χ0) is 13.1. The lowest BCUT2D eigenvalue weighted by atomic mass is 10.2. The number of nitrogens with zero attached hydrogens (tertiary/aromatic N) is 1. The van der Waals surface area contributed by atoms with E-state index >= 15 is 0 Å². The molecular weight excluding hydrogens is 242 g/mol. The maximum Gasteiger partial charge on any atom is 0.241 e. The van der Waals surface area contributed by atoms with Gasteiger partial charge in [-0.15, -0.1) is 0 Å². The summed E-state index contributed by atoms with van der Waals surface area (Å²) < 4.78 is 25.6. The number of primary amides is 1. The molecular formula is C10H11N3O3S. The summed E-state index contributed by atoms with van der Waals surface area (Å²) in [6.07, 6.45) is 0. The third-order valence-corrected chi connectivity index (χ3v) is 3.59. The van der Waals surface area contributed by atoms with Crippen molar-refractivity contribution < 1.29 is 13.2 Å². The minimum absolute atomic E-state index is 0.0257. The highest BCUT2D eigenvalue weighted by atomic mass is 32.2. The number of hydrogen-bond donors (Lipinski definition) is 2. The van der Waals surface area contributed by atoms with Crippen LogP contribution in [0.3, 0.4) is 0 Å². The molecule has 1 aromatic carbocycles. The second-order valence-corrected chi connectivity index (χ2v) is 5.12. The number of aryl methyl sites for hydroxylation is 1. The molecule has 1 amide bonds. The van der Waals surface area contributed by atoms with Gasteiger partial charge in [0.2, 0.25) is 15.9 Å². The molecule has 1 rings (SSSR count). The number of nitrogens with two attached hydrogens (primary N) is 1. The third-order valence-electron chi connectivity index (χ3n) is 2.03. The van der Waals surface area contributed by atoms with E-state index in [1.807, 2.05) is 6.07 Å². The van der Waals surface area contributed by atoms with Crippen molar-refractivity contribution in [3.63, 3.8) is 0 Å². The summed E-state index contributed by atoms with van der Waals surface area (Å²) >= 11 is 0. The molecule has 0 heterocycles. The first-order chi connectivity index (χ1) is 7.86. The van der Waals surface area contributed by atoms with E-state index in [1.165, 1.54) is 18.2 Å². The second kappa shape index (κ2) is 4.95. The zero-order valence-electron chi connectivity index (χ0n) is 9.10. The average molecular weight is 253 g/mol. The van der Waals surface area contributed by atoms with E-state index in [0.717, 1.165) is 0 Å². The van der Waals surface area contributed by atoms with Crippen LogP contribution in [0.2, 0.25) is 0 Å². The minimum atomic E-state index is -3.77. The van der Waals surface area contributed by atoms with Gasteiger partial charge in [-0.1, -0.05) is 0 Å². The lowest BCUT2D eigenvalue weighted by molar-refractivity contribution is -0.116. The molecule has 0 aromatic heterocycles. The maximum atomic E-state index is 11.8. The highest BCUT2D eigenvalue weighted by molar-refractivity contribution is 7.89. The van der Waals surface area contributed by atoms with Gasteiger partial charge < -0.3 is 5.73 Å². The van der Waals surface area contributed by atoms with Crippen LogP contribution in [0.5, 0.6) is 0 Å². The van der Waals surface area contributed by atoms with E-state index < -0.39 is 22.5 Å². The predicted octanol–water partition coefficient (Wildman–Crippen LogP) is -0.370. The lowest BCUT2D eigenvalue weighted by Crippen LogP contribution is -2.33. The van der Waals surface area contributed by atoms with Crippen molar-refractivity contribution in [1.82, 2.24) is 4.72 Å². The molecule has 0 aliphatic heterocycles. The smallest absolute Gasteiger partial charge is 0.241 e. The lowest BCUT2D eigenvalue weighted by Gasteiger charge is -2.07. The van der Waals surface area contributed by atoms with Gasteiger partial charge in [0.25, 0.3) is 0 Å². The van der Waals surface area contributed by atoms with Gasteiger partial charge in [-0.3, -0.25) is 4.79 Å². The summed E-state index contributed by atoms with van der Waals surface area (Å²) in [4.78, 5) is 10.5. The Hall–Kier alpha value is -1.91. The number of rotatable bonds is 4. The van der Waals surface area contributed by atoms with Gasteiger partial charge in [-0.05, 0) is 30.7 Å². The zero-order valence-corrected chi connectivity index (χ0v) is 9.91. The number of amides is 1. The summed E-state index contributed by atoms with van der Waals surface area (Å²) in [6.45, 7) is 1.11. The topological polar surface area (TPSA) is 113 Å². The van der Waals surface area contributed by atoms with E-state index in [0.29, 0.717) is 11.1 Å². The highest BCUT2D eigenvalue weighted by Gasteiger charge is 2.17. The van der Waals surface area contributed by atoms with Crippen LogP contribution in [0, 0.1) is 18.3 Å². The molecule has 0 saturated heterocycles. The molecule has 17 heavy (non-hydrogen) atoms. The van der Waals surface area contributed by atoms with Gasteiger partial charge in [0.05, 0.1) is 23.1 Å². The van der Waals surface area contributed by atoms with Crippen molar-refractivity contribution in [3.8, 4) is 6.07 Å². The van der Waals surface area contributed by atoms with Gasteiger partial charge in [0, 0.05) is 0 Å². The average Bonchev–Trinajstić information content (AvgIpc) is 2.26. The molecule has 7 heteroatoms. The second-order valence-electron chi connectivity index (χ2n) is 3.38. The quantitative estimate of drug-likeness (QED) is 0.762. The molecule has 0 spiro atoms. The fraction of sp³-hybridized carbons (Fsp3) is 0.200. The van der Waals surface area contributed by atoms with Gasteiger partial charge in [-0.2, -0.15) is 5.26 Å². The van der Waals surface area contributed by atoms with Crippen LogP contribution in [0.1, 0.15) is 11.1 Å². The largest absolute Gasteiger partial charge is 0.369 e. The number of nitriles is 1. The Balaban J connectivity index is 3.08. The first-order valence-electron chi connectivity index (χ1n) is 4.65. The molecule has 1 aromatic rings. The van der Waals surface area contributed by atoms with E-state index in [4.69, 9.17) is 11.0 Å². The Morgan fingerprint density at radius 2 is 2.18 bits per heavy atom. The normalized spacial score (nSPS) is 10.8. The molecule has 0 bridgehead atoms. The van der Waals surface area contributed by atoms with Gasteiger partial charge in [0.15, 0.2) is 0 Å². The van der Waals surface area contributed by atoms with Gasteiger partial charge in [0.1, 0.15) is 0 Å². The number of benzene rings is 1. The van der Waals surface area contributed by atoms with Gasteiger partial charge in [-0.25, -0.2) is 13.1 Å². The summed E-state index contributed by atoms with van der Waals surface area (Å²) in [5, 5.41) is 8.66. The van der Waals surface area contributed by atoms with Crippen LogP contribution < -0.4 is 10.5 Å². The number of hydrogen-bond acceptors (Lipinski definition) is 4. The van der Waals surface area contributed by atoms with Gasteiger partial charge >= 0.3 is 0 Å². The molecule has 0 saturated carbocycles.